The molecule has 1 fully saturated rings. The Morgan fingerprint density at radius 2 is 2.00 bits per heavy atom. The highest BCUT2D eigenvalue weighted by molar-refractivity contribution is 7.98. The first-order valence-corrected chi connectivity index (χ1v) is 7.49. The van der Waals surface area contributed by atoms with Crippen LogP contribution in [0.4, 0.5) is 0 Å². The van der Waals surface area contributed by atoms with E-state index in [2.05, 4.69) is 35.8 Å². The van der Waals surface area contributed by atoms with E-state index in [1.54, 1.807) is 11.8 Å². The molecule has 2 rings (SSSR count). The molecule has 0 spiro atoms. The predicted octanol–water partition coefficient (Wildman–Crippen LogP) is 2.80. The van der Waals surface area contributed by atoms with Crippen LogP contribution in [0.2, 0.25) is 0 Å². The van der Waals surface area contributed by atoms with Gasteiger partial charge in [0.2, 0.25) is 0 Å². The van der Waals surface area contributed by atoms with Crippen LogP contribution in [0.5, 0.6) is 0 Å². The van der Waals surface area contributed by atoms with Gasteiger partial charge in [0.15, 0.2) is 0 Å². The molecule has 3 N–H and O–H groups in total. The van der Waals surface area contributed by atoms with Crippen molar-refractivity contribution in [2.45, 2.75) is 30.2 Å². The van der Waals surface area contributed by atoms with E-state index in [1.807, 2.05) is 7.05 Å². The fourth-order valence-corrected chi connectivity index (χ4v) is 3.27. The maximum Gasteiger partial charge on any atom is 0.0386 e. The lowest BCUT2D eigenvalue weighted by molar-refractivity contribution is 0.0879. The smallest absolute Gasteiger partial charge is 0.0386 e. The molecule has 0 saturated heterocycles. The summed E-state index contributed by atoms with van der Waals surface area (Å²) in [6, 6.07) is 9.28. The zero-order valence-corrected chi connectivity index (χ0v) is 11.5. The lowest BCUT2D eigenvalue weighted by atomic mass is 9.62. The van der Waals surface area contributed by atoms with Gasteiger partial charge in [-0.15, -0.1) is 11.8 Å². The molecule has 0 aromatic heterocycles. The third-order valence-electron chi connectivity index (χ3n) is 4.11. The second-order valence-electron chi connectivity index (χ2n) is 4.91. The number of thioether (sulfide) groups is 1. The number of hydrogen-bond acceptors (Lipinski definition) is 3. The van der Waals surface area contributed by atoms with Crippen molar-refractivity contribution in [3.63, 3.8) is 0 Å². The summed E-state index contributed by atoms with van der Waals surface area (Å²) < 4.78 is 0. The van der Waals surface area contributed by atoms with Crippen LogP contribution >= 0.6 is 11.8 Å². The second-order valence-corrected chi connectivity index (χ2v) is 5.79. The molecular formula is C14H22N2S. The minimum absolute atomic E-state index is 0.287. The number of benzene rings is 1. The molecule has 1 unspecified atom stereocenters. The van der Waals surface area contributed by atoms with Crippen molar-refractivity contribution in [1.82, 2.24) is 5.32 Å². The average molecular weight is 250 g/mol. The minimum Gasteiger partial charge on any atom is -0.330 e. The highest BCUT2D eigenvalue weighted by atomic mass is 32.2. The molecule has 2 nitrogen and oxygen atoms in total. The monoisotopic (exact) mass is 250 g/mol. The first-order chi connectivity index (χ1) is 8.25. The van der Waals surface area contributed by atoms with Crippen molar-refractivity contribution in [3.8, 4) is 0 Å². The molecule has 1 saturated carbocycles. The molecule has 1 aliphatic rings. The van der Waals surface area contributed by atoms with Crippen LogP contribution < -0.4 is 11.1 Å². The molecule has 0 aliphatic heterocycles. The van der Waals surface area contributed by atoms with E-state index in [-0.39, 0.29) is 5.41 Å². The van der Waals surface area contributed by atoms with Crippen molar-refractivity contribution in [1.29, 1.82) is 0 Å². The number of rotatable bonds is 5. The van der Waals surface area contributed by atoms with Gasteiger partial charge in [-0.1, -0.05) is 18.6 Å². The molecule has 1 aromatic rings. The van der Waals surface area contributed by atoms with Crippen molar-refractivity contribution in [2.24, 2.45) is 11.1 Å². The molecule has 1 aliphatic carbocycles. The Morgan fingerprint density at radius 1 is 1.35 bits per heavy atom. The van der Waals surface area contributed by atoms with E-state index in [0.29, 0.717) is 6.04 Å². The summed E-state index contributed by atoms with van der Waals surface area (Å²) in [7, 11) is 2.04. The summed E-state index contributed by atoms with van der Waals surface area (Å²) in [6.45, 7) is 0.781. The molecule has 0 radical (unpaired) electrons. The Labute approximate surface area is 108 Å². The number of nitrogens with two attached hydrogens (primary N) is 1. The fourth-order valence-electron chi connectivity index (χ4n) is 2.86. The van der Waals surface area contributed by atoms with Crippen LogP contribution in [0.25, 0.3) is 0 Å². The summed E-state index contributed by atoms with van der Waals surface area (Å²) in [4.78, 5) is 1.32. The molecule has 0 amide bonds. The molecule has 17 heavy (non-hydrogen) atoms. The highest BCUT2D eigenvalue weighted by Crippen LogP contribution is 2.49. The summed E-state index contributed by atoms with van der Waals surface area (Å²) in [6.07, 6.45) is 5.93. The van der Waals surface area contributed by atoms with Crippen LogP contribution in [0.15, 0.2) is 29.2 Å². The van der Waals surface area contributed by atoms with Gasteiger partial charge in [0.25, 0.3) is 0 Å². The summed E-state index contributed by atoms with van der Waals surface area (Å²) >= 11 is 1.78. The maximum atomic E-state index is 5.99. The summed E-state index contributed by atoms with van der Waals surface area (Å²) in [5.41, 5.74) is 7.65. The summed E-state index contributed by atoms with van der Waals surface area (Å²) in [5.74, 6) is 0. The van der Waals surface area contributed by atoms with Crippen molar-refractivity contribution >= 4 is 11.8 Å². The molecule has 0 bridgehead atoms. The Kier molecular flexibility index (Phi) is 4.13. The van der Waals surface area contributed by atoms with Gasteiger partial charge in [-0.2, -0.15) is 0 Å². The average Bonchev–Trinajstić information content (AvgIpc) is 2.34. The standard InChI is InChI=1S/C14H22N2S/c1-16-13(14(10-15)8-3-9-14)11-4-6-12(17-2)7-5-11/h4-7,13,16H,3,8-10,15H2,1-2H3. The molecule has 94 valence electrons. The van der Waals surface area contributed by atoms with E-state index in [9.17, 15) is 0 Å². The van der Waals surface area contributed by atoms with Crippen molar-refractivity contribution in [3.05, 3.63) is 29.8 Å². The van der Waals surface area contributed by atoms with Crippen molar-refractivity contribution < 1.29 is 0 Å². The minimum atomic E-state index is 0.287. The third kappa shape index (κ3) is 2.37. The topological polar surface area (TPSA) is 38.0 Å². The maximum absolute atomic E-state index is 5.99. The zero-order chi connectivity index (χ0) is 12.3. The number of nitrogens with one attached hydrogen (secondary N) is 1. The van der Waals surface area contributed by atoms with Gasteiger partial charge in [-0.3, -0.25) is 0 Å². The third-order valence-corrected chi connectivity index (χ3v) is 4.85. The van der Waals surface area contributed by atoms with Crippen LogP contribution in [0.1, 0.15) is 30.9 Å². The van der Waals surface area contributed by atoms with E-state index in [4.69, 9.17) is 5.73 Å². The van der Waals surface area contributed by atoms with Gasteiger partial charge < -0.3 is 11.1 Å². The van der Waals surface area contributed by atoms with E-state index in [0.717, 1.165) is 6.54 Å². The molecule has 3 heteroatoms. The Bertz CT molecular complexity index is 351. The lowest BCUT2D eigenvalue weighted by Crippen LogP contribution is -2.47. The SMILES string of the molecule is CNC(c1ccc(SC)cc1)C1(CN)CCC1. The molecular weight excluding hydrogens is 228 g/mol. The fraction of sp³-hybridized carbons (Fsp3) is 0.571. The molecule has 1 aromatic carbocycles. The van der Waals surface area contributed by atoms with E-state index >= 15 is 0 Å². The van der Waals surface area contributed by atoms with Gasteiger partial charge in [-0.25, -0.2) is 0 Å². The zero-order valence-electron chi connectivity index (χ0n) is 10.7. The number of hydrogen-bond donors (Lipinski definition) is 2. The largest absolute Gasteiger partial charge is 0.330 e. The van der Waals surface area contributed by atoms with Crippen LogP contribution in [-0.4, -0.2) is 19.8 Å². The Balaban J connectivity index is 2.22. The van der Waals surface area contributed by atoms with Crippen LogP contribution in [-0.2, 0) is 0 Å². The second kappa shape index (κ2) is 5.42. The van der Waals surface area contributed by atoms with E-state index < -0.39 is 0 Å². The van der Waals surface area contributed by atoms with E-state index in [1.165, 1.54) is 29.7 Å². The van der Waals surface area contributed by atoms with Gasteiger partial charge in [0.05, 0.1) is 0 Å². The van der Waals surface area contributed by atoms with Gasteiger partial charge in [0.1, 0.15) is 0 Å². The van der Waals surface area contributed by atoms with Crippen LogP contribution in [0.3, 0.4) is 0 Å². The first kappa shape index (κ1) is 12.9. The highest BCUT2D eigenvalue weighted by Gasteiger charge is 2.42. The Hall–Kier alpha value is -0.510. The molecule has 0 heterocycles. The summed E-state index contributed by atoms with van der Waals surface area (Å²) in [5, 5.41) is 3.46. The van der Waals surface area contributed by atoms with Gasteiger partial charge in [0, 0.05) is 16.4 Å². The Morgan fingerprint density at radius 3 is 2.35 bits per heavy atom. The lowest BCUT2D eigenvalue weighted by Gasteiger charge is -2.47. The predicted molar refractivity (Wildman–Crippen MR) is 75.4 cm³/mol. The quantitative estimate of drug-likeness (QED) is 0.789. The van der Waals surface area contributed by atoms with Gasteiger partial charge in [-0.05, 0) is 50.4 Å². The van der Waals surface area contributed by atoms with Crippen molar-refractivity contribution in [2.75, 3.05) is 19.8 Å². The molecule has 1 atom stereocenters. The first-order valence-electron chi connectivity index (χ1n) is 6.27. The normalized spacial score (nSPS) is 19.7. The van der Waals surface area contributed by atoms with Crippen LogP contribution in [0, 0.1) is 5.41 Å². The van der Waals surface area contributed by atoms with Gasteiger partial charge >= 0.3 is 0 Å².